The summed E-state index contributed by atoms with van der Waals surface area (Å²) in [7, 11) is -3.91. The smallest absolute Gasteiger partial charge is 0.314 e. The highest BCUT2D eigenvalue weighted by Crippen LogP contribution is 2.34. The maximum Gasteiger partial charge on any atom is 0.416 e. The van der Waals surface area contributed by atoms with Crippen molar-refractivity contribution in [3.63, 3.8) is 0 Å². The number of alkyl halides is 3. The lowest BCUT2D eigenvalue weighted by atomic mass is 10.2. The fourth-order valence-electron chi connectivity index (χ4n) is 2.19. The molecule has 0 aliphatic carbocycles. The summed E-state index contributed by atoms with van der Waals surface area (Å²) < 4.78 is 64.0. The van der Waals surface area contributed by atoms with Crippen molar-refractivity contribution in [3.8, 4) is 0 Å². The van der Waals surface area contributed by atoms with Crippen LogP contribution in [-0.2, 0) is 16.2 Å². The first-order valence-corrected chi connectivity index (χ1v) is 8.05. The van der Waals surface area contributed by atoms with Crippen LogP contribution in [0, 0.1) is 0 Å². The van der Waals surface area contributed by atoms with E-state index in [9.17, 15) is 21.6 Å². The predicted octanol–water partition coefficient (Wildman–Crippen LogP) is 2.76. The van der Waals surface area contributed by atoms with Gasteiger partial charge in [-0.3, -0.25) is 0 Å². The molecule has 1 heterocycles. The number of sulfonamides is 1. The van der Waals surface area contributed by atoms with E-state index in [4.69, 9.17) is 11.6 Å². The molecule has 0 radical (unpaired) electrons. The molecule has 0 aromatic heterocycles. The SMILES string of the molecule is CC1CNCCN1S(=O)(=O)c1ccc(C(F)(F)F)cc1Cl.Cl. The van der Waals surface area contributed by atoms with Crippen LogP contribution in [0.15, 0.2) is 23.1 Å². The first kappa shape index (κ1) is 19.5. The maximum absolute atomic E-state index is 12.6. The van der Waals surface area contributed by atoms with Crippen LogP contribution in [0.4, 0.5) is 13.2 Å². The second-order valence-corrected chi connectivity index (χ2v) is 7.08. The molecule has 126 valence electrons. The Hall–Kier alpha value is -0.540. The zero-order chi connectivity index (χ0) is 15.8. The number of nitrogens with zero attached hydrogens (tertiary/aromatic N) is 1. The van der Waals surface area contributed by atoms with E-state index in [1.165, 1.54) is 4.31 Å². The Labute approximate surface area is 138 Å². The van der Waals surface area contributed by atoms with E-state index in [2.05, 4.69) is 5.32 Å². The normalized spacial score (nSPS) is 20.5. The Bertz CT molecular complexity index is 638. The molecule has 4 nitrogen and oxygen atoms in total. The molecule has 1 saturated heterocycles. The predicted molar refractivity (Wildman–Crippen MR) is 79.9 cm³/mol. The van der Waals surface area contributed by atoms with Gasteiger partial charge in [0.05, 0.1) is 10.6 Å². The lowest BCUT2D eigenvalue weighted by molar-refractivity contribution is -0.137. The number of hydrogen-bond donors (Lipinski definition) is 1. The van der Waals surface area contributed by atoms with Gasteiger partial charge in [-0.25, -0.2) is 8.42 Å². The Morgan fingerprint density at radius 2 is 2.00 bits per heavy atom. The first-order chi connectivity index (χ1) is 9.64. The van der Waals surface area contributed by atoms with Crippen LogP contribution < -0.4 is 5.32 Å². The van der Waals surface area contributed by atoms with Gasteiger partial charge in [-0.2, -0.15) is 17.5 Å². The zero-order valence-corrected chi connectivity index (χ0v) is 13.9. The molecule has 22 heavy (non-hydrogen) atoms. The Kier molecular flexibility index (Phi) is 6.14. The fraction of sp³-hybridized carbons (Fsp3) is 0.500. The van der Waals surface area contributed by atoms with Crippen LogP contribution in [0.2, 0.25) is 5.02 Å². The van der Waals surface area contributed by atoms with Crippen LogP contribution in [0.5, 0.6) is 0 Å². The highest BCUT2D eigenvalue weighted by molar-refractivity contribution is 7.89. The van der Waals surface area contributed by atoms with Crippen molar-refractivity contribution in [2.45, 2.75) is 24.0 Å². The average molecular weight is 379 g/mol. The van der Waals surface area contributed by atoms with Gasteiger partial charge >= 0.3 is 6.18 Å². The summed E-state index contributed by atoms with van der Waals surface area (Å²) in [5.41, 5.74) is -0.972. The number of nitrogens with one attached hydrogen (secondary N) is 1. The van der Waals surface area contributed by atoms with E-state index in [1.54, 1.807) is 6.92 Å². The minimum absolute atomic E-state index is 0. The summed E-state index contributed by atoms with van der Waals surface area (Å²) in [5.74, 6) is 0. The van der Waals surface area contributed by atoms with Gasteiger partial charge in [0.2, 0.25) is 10.0 Å². The zero-order valence-electron chi connectivity index (χ0n) is 11.5. The molecule has 10 heteroatoms. The summed E-state index contributed by atoms with van der Waals surface area (Å²) in [5, 5.41) is 2.62. The highest BCUT2D eigenvalue weighted by Gasteiger charge is 2.35. The lowest BCUT2D eigenvalue weighted by Gasteiger charge is -2.33. The largest absolute Gasteiger partial charge is 0.416 e. The van der Waals surface area contributed by atoms with Crippen molar-refractivity contribution < 1.29 is 21.6 Å². The van der Waals surface area contributed by atoms with Crippen LogP contribution in [0.25, 0.3) is 0 Å². The summed E-state index contributed by atoms with van der Waals surface area (Å²) >= 11 is 5.77. The van der Waals surface area contributed by atoms with Crippen LogP contribution in [0.3, 0.4) is 0 Å². The molecular weight excluding hydrogens is 364 g/mol. The molecule has 1 aromatic carbocycles. The molecule has 1 aromatic rings. The van der Waals surface area contributed by atoms with Crippen molar-refractivity contribution in [1.82, 2.24) is 9.62 Å². The molecule has 1 unspecified atom stereocenters. The summed E-state index contributed by atoms with van der Waals surface area (Å²) in [6, 6.07) is 1.99. The minimum atomic E-state index is -4.56. The first-order valence-electron chi connectivity index (χ1n) is 6.23. The van der Waals surface area contributed by atoms with E-state index >= 15 is 0 Å². The minimum Gasteiger partial charge on any atom is -0.314 e. The van der Waals surface area contributed by atoms with E-state index in [-0.39, 0.29) is 29.9 Å². The summed E-state index contributed by atoms with van der Waals surface area (Å²) in [6.07, 6.45) is -4.56. The lowest BCUT2D eigenvalue weighted by Crippen LogP contribution is -2.52. The number of halogens is 5. The number of rotatable bonds is 2. The van der Waals surface area contributed by atoms with Crippen molar-refractivity contribution in [2.24, 2.45) is 0 Å². The van der Waals surface area contributed by atoms with Gasteiger partial charge in [-0.05, 0) is 25.1 Å². The molecule has 0 spiro atoms. The van der Waals surface area contributed by atoms with E-state index in [1.807, 2.05) is 0 Å². The van der Waals surface area contributed by atoms with E-state index < -0.39 is 26.8 Å². The standard InChI is InChI=1S/C12H14ClF3N2O2S.ClH/c1-8-7-17-4-5-18(8)21(19,20)11-3-2-9(6-10(11)13)12(14,15)16;/h2-3,6,8,17H,4-5,7H2,1H3;1H. The van der Waals surface area contributed by atoms with Crippen molar-refractivity contribution in [3.05, 3.63) is 28.8 Å². The van der Waals surface area contributed by atoms with Gasteiger partial charge in [0, 0.05) is 25.7 Å². The second-order valence-electron chi connectivity index (χ2n) is 4.81. The summed E-state index contributed by atoms with van der Waals surface area (Å²) in [6.45, 7) is 2.95. The molecule has 1 N–H and O–H groups in total. The second kappa shape index (κ2) is 6.92. The van der Waals surface area contributed by atoms with Gasteiger partial charge in [0.15, 0.2) is 0 Å². The molecule has 1 fully saturated rings. The van der Waals surface area contributed by atoms with Crippen LogP contribution >= 0.6 is 24.0 Å². The average Bonchev–Trinajstić information content (AvgIpc) is 2.37. The highest BCUT2D eigenvalue weighted by atomic mass is 35.5. The third-order valence-corrected chi connectivity index (χ3v) is 5.78. The van der Waals surface area contributed by atoms with Crippen molar-refractivity contribution in [1.29, 1.82) is 0 Å². The maximum atomic E-state index is 12.6. The monoisotopic (exact) mass is 378 g/mol. The van der Waals surface area contributed by atoms with Gasteiger partial charge in [0.25, 0.3) is 0 Å². The molecule has 0 saturated carbocycles. The van der Waals surface area contributed by atoms with E-state index in [0.717, 1.165) is 12.1 Å². The van der Waals surface area contributed by atoms with E-state index in [0.29, 0.717) is 19.2 Å². The number of hydrogen-bond acceptors (Lipinski definition) is 3. The number of benzene rings is 1. The van der Waals surface area contributed by atoms with Gasteiger partial charge < -0.3 is 5.32 Å². The molecule has 1 aliphatic rings. The quantitative estimate of drug-likeness (QED) is 0.860. The molecule has 0 amide bonds. The van der Waals surface area contributed by atoms with Gasteiger partial charge in [-0.15, -0.1) is 12.4 Å². The summed E-state index contributed by atoms with van der Waals surface area (Å²) in [4.78, 5) is -0.300. The molecular formula is C12H15Cl2F3N2O2S. The molecule has 1 aliphatic heterocycles. The van der Waals surface area contributed by atoms with Gasteiger partial charge in [0.1, 0.15) is 4.90 Å². The fourth-order valence-corrected chi connectivity index (χ4v) is 4.34. The van der Waals surface area contributed by atoms with Crippen molar-refractivity contribution >= 4 is 34.0 Å². The Morgan fingerprint density at radius 1 is 1.36 bits per heavy atom. The number of piperazine rings is 1. The van der Waals surface area contributed by atoms with Crippen LogP contribution in [0.1, 0.15) is 12.5 Å². The molecule has 2 rings (SSSR count). The Balaban J connectivity index is 0.00000242. The van der Waals surface area contributed by atoms with Gasteiger partial charge in [-0.1, -0.05) is 11.6 Å². The third kappa shape index (κ3) is 3.86. The Morgan fingerprint density at radius 3 is 2.50 bits per heavy atom. The topological polar surface area (TPSA) is 49.4 Å². The third-order valence-electron chi connectivity index (χ3n) is 3.29. The van der Waals surface area contributed by atoms with Crippen molar-refractivity contribution in [2.75, 3.05) is 19.6 Å². The van der Waals surface area contributed by atoms with Crippen LogP contribution in [-0.4, -0.2) is 38.4 Å². The molecule has 0 bridgehead atoms. The molecule has 1 atom stereocenters.